The summed E-state index contributed by atoms with van der Waals surface area (Å²) < 4.78 is 2.24. The van der Waals surface area contributed by atoms with E-state index in [0.29, 0.717) is 0 Å². The molecule has 5 aromatic rings. The van der Waals surface area contributed by atoms with Crippen molar-refractivity contribution >= 4 is 11.0 Å². The molecule has 0 bridgehead atoms. The lowest BCUT2D eigenvalue weighted by Gasteiger charge is -2.12. The molecule has 0 unspecified atom stereocenters. The molecule has 0 aliphatic heterocycles. The average molecular weight is 360 g/mol. The molecule has 0 fully saturated rings. The summed E-state index contributed by atoms with van der Waals surface area (Å²) in [4.78, 5) is 4.97. The highest BCUT2D eigenvalue weighted by molar-refractivity contribution is 5.84. The van der Waals surface area contributed by atoms with Crippen molar-refractivity contribution in [2.45, 2.75) is 6.92 Å². The number of rotatable bonds is 3. The lowest BCUT2D eigenvalue weighted by Crippen LogP contribution is -1.97. The monoisotopic (exact) mass is 360 g/mol. The van der Waals surface area contributed by atoms with Crippen LogP contribution in [0.25, 0.3) is 39.2 Å². The normalized spacial score (nSPS) is 11.0. The van der Waals surface area contributed by atoms with E-state index in [1.165, 1.54) is 16.7 Å². The predicted octanol–water partition coefficient (Wildman–Crippen LogP) is 6.67. The first kappa shape index (κ1) is 16.5. The molecule has 28 heavy (non-hydrogen) atoms. The molecule has 1 aromatic heterocycles. The number of benzene rings is 4. The van der Waals surface area contributed by atoms with Gasteiger partial charge in [0.2, 0.25) is 0 Å². The van der Waals surface area contributed by atoms with Gasteiger partial charge in [-0.2, -0.15) is 0 Å². The lowest BCUT2D eigenvalue weighted by atomic mass is 9.98. The smallest absolute Gasteiger partial charge is 0.145 e. The molecule has 0 spiro atoms. The Hall–Kier alpha value is -3.65. The summed E-state index contributed by atoms with van der Waals surface area (Å²) in [6.07, 6.45) is 0. The number of fused-ring (bicyclic) bond motifs is 1. The van der Waals surface area contributed by atoms with Crippen LogP contribution in [0.2, 0.25) is 0 Å². The molecule has 2 nitrogen and oxygen atoms in total. The van der Waals surface area contributed by atoms with Gasteiger partial charge in [0.1, 0.15) is 5.82 Å². The van der Waals surface area contributed by atoms with Gasteiger partial charge in [-0.25, -0.2) is 4.98 Å². The Morgan fingerprint density at radius 3 is 2.07 bits per heavy atom. The Labute approximate surface area is 164 Å². The third-order valence-corrected chi connectivity index (χ3v) is 5.14. The van der Waals surface area contributed by atoms with Crippen LogP contribution in [0, 0.1) is 6.92 Å². The minimum atomic E-state index is 0.968. The molecule has 0 aliphatic carbocycles. The van der Waals surface area contributed by atoms with Crippen LogP contribution >= 0.6 is 0 Å². The molecule has 0 N–H and O–H groups in total. The van der Waals surface area contributed by atoms with E-state index in [1.807, 2.05) is 12.1 Å². The first-order valence-electron chi connectivity index (χ1n) is 9.50. The molecule has 1 heterocycles. The fourth-order valence-electron chi connectivity index (χ4n) is 3.80. The standard InChI is InChI=1S/C26H20N2/c1-19-18-21(16-17-23(19)20-10-4-2-5-11-20)26-27-24-14-8-9-15-25(24)28(26)22-12-6-3-7-13-22/h2-18H,1H3. The van der Waals surface area contributed by atoms with Gasteiger partial charge >= 0.3 is 0 Å². The highest BCUT2D eigenvalue weighted by Crippen LogP contribution is 2.32. The van der Waals surface area contributed by atoms with Crippen LogP contribution in [-0.2, 0) is 0 Å². The third-order valence-electron chi connectivity index (χ3n) is 5.14. The molecule has 0 radical (unpaired) electrons. The Morgan fingerprint density at radius 1 is 0.643 bits per heavy atom. The summed E-state index contributed by atoms with van der Waals surface area (Å²) in [5.41, 5.74) is 8.11. The van der Waals surface area contributed by atoms with Gasteiger partial charge < -0.3 is 0 Å². The van der Waals surface area contributed by atoms with E-state index in [0.717, 1.165) is 28.1 Å². The van der Waals surface area contributed by atoms with Crippen LogP contribution < -0.4 is 0 Å². The van der Waals surface area contributed by atoms with Crippen LogP contribution in [0.4, 0.5) is 0 Å². The summed E-state index contributed by atoms with van der Waals surface area (Å²) in [6, 6.07) is 35.9. The highest BCUT2D eigenvalue weighted by Gasteiger charge is 2.15. The van der Waals surface area contributed by atoms with Crippen molar-refractivity contribution in [1.29, 1.82) is 0 Å². The number of para-hydroxylation sites is 3. The van der Waals surface area contributed by atoms with E-state index in [4.69, 9.17) is 4.98 Å². The first-order valence-corrected chi connectivity index (χ1v) is 9.50. The second-order valence-corrected chi connectivity index (χ2v) is 6.99. The molecular weight excluding hydrogens is 340 g/mol. The van der Waals surface area contributed by atoms with E-state index in [2.05, 4.69) is 102 Å². The molecule has 0 atom stereocenters. The molecule has 5 rings (SSSR count). The van der Waals surface area contributed by atoms with Crippen molar-refractivity contribution in [2.24, 2.45) is 0 Å². The van der Waals surface area contributed by atoms with Gasteiger partial charge in [-0.05, 0) is 53.9 Å². The maximum atomic E-state index is 4.97. The number of imidazole rings is 1. The van der Waals surface area contributed by atoms with Gasteiger partial charge in [-0.1, -0.05) is 72.8 Å². The van der Waals surface area contributed by atoms with E-state index in [9.17, 15) is 0 Å². The Kier molecular flexibility index (Phi) is 4.02. The zero-order valence-electron chi connectivity index (χ0n) is 15.7. The highest BCUT2D eigenvalue weighted by atomic mass is 15.1. The molecule has 0 amide bonds. The average Bonchev–Trinajstić information content (AvgIpc) is 3.14. The zero-order valence-corrected chi connectivity index (χ0v) is 15.7. The Bertz CT molecular complexity index is 1250. The van der Waals surface area contributed by atoms with Crippen molar-refractivity contribution in [2.75, 3.05) is 0 Å². The van der Waals surface area contributed by atoms with Crippen LogP contribution in [0.5, 0.6) is 0 Å². The van der Waals surface area contributed by atoms with Gasteiger partial charge in [0.25, 0.3) is 0 Å². The minimum Gasteiger partial charge on any atom is -0.292 e. The molecule has 2 heteroatoms. The van der Waals surface area contributed by atoms with Gasteiger partial charge in [0, 0.05) is 11.3 Å². The summed E-state index contributed by atoms with van der Waals surface area (Å²) in [7, 11) is 0. The first-order chi connectivity index (χ1) is 13.8. The van der Waals surface area contributed by atoms with Crippen molar-refractivity contribution in [1.82, 2.24) is 9.55 Å². The largest absolute Gasteiger partial charge is 0.292 e. The van der Waals surface area contributed by atoms with Gasteiger partial charge in [-0.15, -0.1) is 0 Å². The quantitative estimate of drug-likeness (QED) is 0.351. The fourth-order valence-corrected chi connectivity index (χ4v) is 3.80. The predicted molar refractivity (Wildman–Crippen MR) is 117 cm³/mol. The Morgan fingerprint density at radius 2 is 1.32 bits per heavy atom. The molecule has 0 saturated heterocycles. The Balaban J connectivity index is 1.71. The molecule has 134 valence electrons. The molecule has 0 saturated carbocycles. The van der Waals surface area contributed by atoms with E-state index < -0.39 is 0 Å². The van der Waals surface area contributed by atoms with Gasteiger partial charge in [0.15, 0.2) is 0 Å². The topological polar surface area (TPSA) is 17.8 Å². The summed E-state index contributed by atoms with van der Waals surface area (Å²) in [6.45, 7) is 2.17. The van der Waals surface area contributed by atoms with Gasteiger partial charge in [0.05, 0.1) is 11.0 Å². The number of aromatic nitrogens is 2. The number of aryl methyl sites for hydroxylation is 1. The number of hydrogen-bond donors (Lipinski definition) is 0. The van der Waals surface area contributed by atoms with Crippen molar-refractivity contribution < 1.29 is 0 Å². The number of hydrogen-bond acceptors (Lipinski definition) is 1. The van der Waals surface area contributed by atoms with Gasteiger partial charge in [-0.3, -0.25) is 4.57 Å². The maximum absolute atomic E-state index is 4.97. The van der Waals surface area contributed by atoms with Crippen LogP contribution in [0.1, 0.15) is 5.56 Å². The van der Waals surface area contributed by atoms with Crippen molar-refractivity contribution in [3.8, 4) is 28.2 Å². The third kappa shape index (κ3) is 2.80. The zero-order chi connectivity index (χ0) is 18.9. The van der Waals surface area contributed by atoms with E-state index >= 15 is 0 Å². The second-order valence-electron chi connectivity index (χ2n) is 6.99. The van der Waals surface area contributed by atoms with Crippen molar-refractivity contribution in [3.05, 3.63) is 109 Å². The van der Waals surface area contributed by atoms with Crippen LogP contribution in [-0.4, -0.2) is 9.55 Å². The van der Waals surface area contributed by atoms with Crippen LogP contribution in [0.3, 0.4) is 0 Å². The lowest BCUT2D eigenvalue weighted by molar-refractivity contribution is 1.10. The second kappa shape index (κ2) is 6.82. The molecular formula is C26H20N2. The van der Waals surface area contributed by atoms with Crippen LogP contribution in [0.15, 0.2) is 103 Å². The number of nitrogens with zero attached hydrogens (tertiary/aromatic N) is 2. The fraction of sp³-hybridized carbons (Fsp3) is 0.0385. The SMILES string of the molecule is Cc1cc(-c2nc3ccccc3n2-c2ccccc2)ccc1-c1ccccc1. The summed E-state index contributed by atoms with van der Waals surface area (Å²) >= 11 is 0. The van der Waals surface area contributed by atoms with Crippen molar-refractivity contribution in [3.63, 3.8) is 0 Å². The maximum Gasteiger partial charge on any atom is 0.145 e. The summed E-state index contributed by atoms with van der Waals surface area (Å²) in [5, 5.41) is 0. The summed E-state index contributed by atoms with van der Waals surface area (Å²) in [5.74, 6) is 0.968. The molecule has 4 aromatic carbocycles. The van der Waals surface area contributed by atoms with E-state index in [-0.39, 0.29) is 0 Å². The molecule has 0 aliphatic rings. The van der Waals surface area contributed by atoms with E-state index in [1.54, 1.807) is 0 Å². The minimum absolute atomic E-state index is 0.968.